The number of carbonyl (C=O) groups excluding carboxylic acids is 2. The second-order valence-corrected chi connectivity index (χ2v) is 7.39. The molecule has 1 aromatic heterocycles. The van der Waals surface area contributed by atoms with Gasteiger partial charge in [0.25, 0.3) is 5.91 Å². The molecule has 0 saturated heterocycles. The number of hydrogen-bond acceptors (Lipinski definition) is 7. The minimum absolute atomic E-state index is 0.0962. The lowest BCUT2D eigenvalue weighted by molar-refractivity contribution is -0.146. The molecule has 1 aliphatic rings. The lowest BCUT2D eigenvalue weighted by Crippen LogP contribution is -2.42. The highest BCUT2D eigenvalue weighted by Crippen LogP contribution is 2.31. The summed E-state index contributed by atoms with van der Waals surface area (Å²) in [6.07, 6.45) is 0. The number of anilines is 2. The molecule has 2 aromatic carbocycles. The summed E-state index contributed by atoms with van der Waals surface area (Å²) in [5.41, 5.74) is 5.85. The Morgan fingerprint density at radius 2 is 1.78 bits per heavy atom. The summed E-state index contributed by atoms with van der Waals surface area (Å²) in [4.78, 5) is 32.6. The number of fused-ring (bicyclic) bond motifs is 1. The van der Waals surface area contributed by atoms with E-state index in [1.807, 2.05) is 0 Å². The van der Waals surface area contributed by atoms with Crippen LogP contribution in [0, 0.1) is 11.6 Å². The van der Waals surface area contributed by atoms with Crippen molar-refractivity contribution in [2.45, 2.75) is 19.0 Å². The van der Waals surface area contributed by atoms with Crippen LogP contribution in [0.4, 0.5) is 20.3 Å². The van der Waals surface area contributed by atoms with Crippen LogP contribution in [-0.2, 0) is 21.6 Å². The average Bonchev–Trinajstić information content (AvgIpc) is 3.14. The first-order chi connectivity index (χ1) is 15.2. The fraction of sp³-hybridized carbons (Fsp3) is 0.182. The maximum absolute atomic E-state index is 14.3. The van der Waals surface area contributed by atoms with E-state index in [1.54, 1.807) is 24.3 Å². The van der Waals surface area contributed by atoms with Crippen molar-refractivity contribution in [2.24, 2.45) is 5.73 Å². The van der Waals surface area contributed by atoms with Crippen molar-refractivity contribution in [3.63, 3.8) is 0 Å². The van der Waals surface area contributed by atoms with Crippen LogP contribution in [0.1, 0.15) is 28.5 Å². The van der Waals surface area contributed by atoms with Gasteiger partial charge in [0.15, 0.2) is 5.82 Å². The first kappa shape index (κ1) is 21.3. The third kappa shape index (κ3) is 3.65. The highest BCUT2D eigenvalue weighted by molar-refractivity contribution is 6.03. The fourth-order valence-electron chi connectivity index (χ4n) is 3.41. The van der Waals surface area contributed by atoms with Crippen LogP contribution in [-0.4, -0.2) is 29.0 Å². The van der Waals surface area contributed by atoms with Gasteiger partial charge in [0.05, 0.1) is 24.9 Å². The van der Waals surface area contributed by atoms with Gasteiger partial charge in [-0.15, -0.1) is 0 Å². The number of carbonyl (C=O) groups is 2. The number of nitrogens with two attached hydrogens (primary N) is 1. The average molecular weight is 439 g/mol. The minimum Gasteiger partial charge on any atom is -0.467 e. The second-order valence-electron chi connectivity index (χ2n) is 7.39. The fourth-order valence-corrected chi connectivity index (χ4v) is 3.41. The van der Waals surface area contributed by atoms with E-state index in [2.05, 4.69) is 20.6 Å². The Hall–Kier alpha value is -3.92. The van der Waals surface area contributed by atoms with Gasteiger partial charge < -0.3 is 21.1 Å². The third-order valence-electron chi connectivity index (χ3n) is 5.17. The summed E-state index contributed by atoms with van der Waals surface area (Å²) in [6.45, 7) is 1.64. The van der Waals surface area contributed by atoms with Crippen molar-refractivity contribution in [1.29, 1.82) is 0 Å². The normalized spacial score (nSPS) is 14.3. The molecule has 0 radical (unpaired) electrons. The molecular formula is C22H19F2N5O3. The zero-order chi connectivity index (χ0) is 23.0. The van der Waals surface area contributed by atoms with Gasteiger partial charge in [-0.3, -0.25) is 4.79 Å². The molecule has 3 aromatic rings. The van der Waals surface area contributed by atoms with Crippen LogP contribution >= 0.6 is 0 Å². The zero-order valence-electron chi connectivity index (χ0n) is 17.2. The van der Waals surface area contributed by atoms with Crippen molar-refractivity contribution in [2.75, 3.05) is 12.4 Å². The third-order valence-corrected chi connectivity index (χ3v) is 5.17. The molecule has 0 fully saturated rings. The quantitative estimate of drug-likeness (QED) is 0.523. The molecule has 4 rings (SSSR count). The van der Waals surface area contributed by atoms with Gasteiger partial charge in [-0.1, -0.05) is 18.2 Å². The number of methoxy groups -OCH3 is 1. The van der Waals surface area contributed by atoms with Gasteiger partial charge in [0.2, 0.25) is 0 Å². The Bertz CT molecular complexity index is 1210. The number of nitrogens with one attached hydrogen (secondary N) is 2. The number of esters is 1. The van der Waals surface area contributed by atoms with Crippen LogP contribution in [0.2, 0.25) is 0 Å². The molecule has 32 heavy (non-hydrogen) atoms. The zero-order valence-corrected chi connectivity index (χ0v) is 17.2. The molecule has 1 amide bonds. The van der Waals surface area contributed by atoms with E-state index in [4.69, 9.17) is 10.5 Å². The molecule has 164 valence electrons. The van der Waals surface area contributed by atoms with E-state index in [0.29, 0.717) is 16.9 Å². The highest BCUT2D eigenvalue weighted by atomic mass is 19.1. The van der Waals surface area contributed by atoms with E-state index < -0.39 is 29.0 Å². The summed E-state index contributed by atoms with van der Waals surface area (Å²) < 4.78 is 33.3. The maximum Gasteiger partial charge on any atom is 0.330 e. The molecular weight excluding hydrogens is 420 g/mol. The van der Waals surface area contributed by atoms with Gasteiger partial charge in [-0.2, -0.15) is 0 Å². The highest BCUT2D eigenvalue weighted by Gasteiger charge is 2.32. The molecule has 2 heterocycles. The predicted molar refractivity (Wildman–Crippen MR) is 112 cm³/mol. The smallest absolute Gasteiger partial charge is 0.330 e. The SMILES string of the molecule is COC(=O)[C@@](C)(N)c1ccc(Nc2nc(-c3c(F)cccc3F)nc3c2C(=O)NC3)cc1. The van der Waals surface area contributed by atoms with Gasteiger partial charge in [0, 0.05) is 5.69 Å². The number of halogens is 2. The van der Waals surface area contributed by atoms with Crippen LogP contribution in [0.25, 0.3) is 11.4 Å². The predicted octanol–water partition coefficient (Wildman–Crippen LogP) is 2.76. The van der Waals surface area contributed by atoms with Crippen LogP contribution < -0.4 is 16.4 Å². The second kappa shape index (κ2) is 7.97. The number of amides is 1. The molecule has 4 N–H and O–H groups in total. The Labute approximate surface area is 181 Å². The van der Waals surface area contributed by atoms with Crippen LogP contribution in [0.3, 0.4) is 0 Å². The molecule has 0 saturated carbocycles. The van der Waals surface area contributed by atoms with Crippen molar-refractivity contribution in [3.8, 4) is 11.4 Å². The maximum atomic E-state index is 14.3. The lowest BCUT2D eigenvalue weighted by Gasteiger charge is -2.22. The summed E-state index contributed by atoms with van der Waals surface area (Å²) in [5, 5.41) is 5.62. The summed E-state index contributed by atoms with van der Waals surface area (Å²) in [5.74, 6) is -2.72. The monoisotopic (exact) mass is 439 g/mol. The number of hydrogen-bond donors (Lipinski definition) is 3. The Morgan fingerprint density at radius 3 is 2.41 bits per heavy atom. The number of ether oxygens (including phenoxy) is 1. The van der Waals surface area contributed by atoms with Gasteiger partial charge >= 0.3 is 5.97 Å². The van der Waals surface area contributed by atoms with E-state index >= 15 is 0 Å². The van der Waals surface area contributed by atoms with E-state index in [0.717, 1.165) is 12.1 Å². The summed E-state index contributed by atoms with van der Waals surface area (Å²) in [6, 6.07) is 9.97. The van der Waals surface area contributed by atoms with E-state index in [9.17, 15) is 18.4 Å². The molecule has 0 bridgehead atoms. The van der Waals surface area contributed by atoms with Gasteiger partial charge in [-0.25, -0.2) is 23.5 Å². The van der Waals surface area contributed by atoms with Crippen molar-refractivity contribution < 1.29 is 23.1 Å². The lowest BCUT2D eigenvalue weighted by atomic mass is 9.93. The molecule has 1 atom stereocenters. The first-order valence-electron chi connectivity index (χ1n) is 9.60. The number of aromatic nitrogens is 2. The van der Waals surface area contributed by atoms with Crippen molar-refractivity contribution in [3.05, 3.63) is 70.9 Å². The molecule has 0 unspecified atom stereocenters. The molecule has 1 aliphatic heterocycles. The van der Waals surface area contributed by atoms with Crippen molar-refractivity contribution in [1.82, 2.24) is 15.3 Å². The van der Waals surface area contributed by atoms with E-state index in [-0.39, 0.29) is 29.3 Å². The van der Waals surface area contributed by atoms with Crippen molar-refractivity contribution >= 4 is 23.4 Å². The molecule has 0 aliphatic carbocycles. The largest absolute Gasteiger partial charge is 0.467 e. The molecule has 10 heteroatoms. The van der Waals surface area contributed by atoms with E-state index in [1.165, 1.54) is 20.1 Å². The molecule has 0 spiro atoms. The summed E-state index contributed by atoms with van der Waals surface area (Å²) >= 11 is 0. The van der Waals surface area contributed by atoms with Crippen LogP contribution in [0.5, 0.6) is 0 Å². The number of rotatable bonds is 5. The van der Waals surface area contributed by atoms with Gasteiger partial charge in [0.1, 0.15) is 28.6 Å². The summed E-state index contributed by atoms with van der Waals surface area (Å²) in [7, 11) is 1.25. The Morgan fingerprint density at radius 1 is 1.12 bits per heavy atom. The number of nitrogens with zero attached hydrogens (tertiary/aromatic N) is 2. The van der Waals surface area contributed by atoms with Gasteiger partial charge in [-0.05, 0) is 36.8 Å². The number of benzene rings is 2. The van der Waals surface area contributed by atoms with Crippen LogP contribution in [0.15, 0.2) is 42.5 Å². The first-order valence-corrected chi connectivity index (χ1v) is 9.60. The minimum atomic E-state index is -1.35. The Balaban J connectivity index is 1.74. The Kier molecular flexibility index (Phi) is 5.31. The molecule has 8 nitrogen and oxygen atoms in total. The topological polar surface area (TPSA) is 119 Å². The standard InChI is InChI=1S/C22H19F2N5O3/c1-22(25,21(31)32-2)11-6-8-12(9-7-11)27-19-17-15(10-26-20(17)30)28-18(29-19)16-13(23)4-3-5-14(16)24/h3-9H,10,25H2,1-2H3,(H,26,30)(H,27,28,29)/t22-/m0/s1.